The molecule has 1 aliphatic carbocycles. The van der Waals surface area contributed by atoms with Crippen LogP contribution >= 0.6 is 11.6 Å². The van der Waals surface area contributed by atoms with E-state index in [9.17, 15) is 4.39 Å². The Bertz CT molecular complexity index is 736. The van der Waals surface area contributed by atoms with Gasteiger partial charge in [0.1, 0.15) is 5.82 Å². The fraction of sp³-hybridized carbons (Fsp3) is 0.350. The fourth-order valence-corrected chi connectivity index (χ4v) is 3.35. The lowest BCUT2D eigenvalue weighted by molar-refractivity contribution is 0.181. The molecule has 5 heteroatoms. The molecule has 1 aliphatic rings. The second kappa shape index (κ2) is 8.45. The Morgan fingerprint density at radius 1 is 1.24 bits per heavy atom. The molecular formula is C20H22ClFN2O. The molecule has 0 amide bonds. The van der Waals surface area contributed by atoms with Crippen LogP contribution < -0.4 is 5.32 Å². The van der Waals surface area contributed by atoms with Crippen molar-refractivity contribution < 1.29 is 9.13 Å². The van der Waals surface area contributed by atoms with Gasteiger partial charge in [0.05, 0.1) is 23.0 Å². The standard InChI is InChI=1S/C20H22ClFN2O/c1-25-13-19-20(21)18(10-11-23-19)24-17-8-4-15(5-9-17)12-14-2-6-16(22)7-3-14/h2-3,6-7,10-12,17H,4-5,8-9,13H2,1H3,(H,23,24). The third kappa shape index (κ3) is 4.80. The number of hydrogen-bond donors (Lipinski definition) is 1. The highest BCUT2D eigenvalue weighted by molar-refractivity contribution is 6.33. The van der Waals surface area contributed by atoms with Crippen LogP contribution in [0.1, 0.15) is 36.9 Å². The van der Waals surface area contributed by atoms with Crippen LogP contribution in [0.4, 0.5) is 10.1 Å². The first-order valence-electron chi connectivity index (χ1n) is 8.49. The zero-order valence-electron chi connectivity index (χ0n) is 14.3. The Morgan fingerprint density at radius 3 is 2.64 bits per heavy atom. The second-order valence-electron chi connectivity index (χ2n) is 6.32. The topological polar surface area (TPSA) is 34.1 Å². The van der Waals surface area contributed by atoms with Crippen molar-refractivity contribution in [3.63, 3.8) is 0 Å². The summed E-state index contributed by atoms with van der Waals surface area (Å²) in [5.74, 6) is -0.197. The van der Waals surface area contributed by atoms with Gasteiger partial charge in [0.2, 0.25) is 0 Å². The normalized spacial score (nSPS) is 17.4. The smallest absolute Gasteiger partial charge is 0.123 e. The molecule has 3 nitrogen and oxygen atoms in total. The highest BCUT2D eigenvalue weighted by Crippen LogP contribution is 2.31. The molecule has 1 aromatic carbocycles. The monoisotopic (exact) mass is 360 g/mol. The lowest BCUT2D eigenvalue weighted by Crippen LogP contribution is -2.23. The van der Waals surface area contributed by atoms with E-state index in [0.717, 1.165) is 42.6 Å². The van der Waals surface area contributed by atoms with Gasteiger partial charge in [-0.05, 0) is 49.4 Å². The van der Waals surface area contributed by atoms with Gasteiger partial charge in [-0.1, -0.05) is 35.4 Å². The van der Waals surface area contributed by atoms with Crippen LogP contribution in [0.15, 0.2) is 42.1 Å². The SMILES string of the molecule is COCc1nccc(NC2CCC(=Cc3ccc(F)cc3)CC2)c1Cl. The zero-order chi connectivity index (χ0) is 17.6. The van der Waals surface area contributed by atoms with Crippen LogP contribution in [0.5, 0.6) is 0 Å². The van der Waals surface area contributed by atoms with Crippen molar-refractivity contribution in [2.45, 2.75) is 38.3 Å². The Kier molecular flexibility index (Phi) is 6.05. The molecule has 0 unspecified atom stereocenters. The van der Waals surface area contributed by atoms with Gasteiger partial charge in [-0.15, -0.1) is 0 Å². The summed E-state index contributed by atoms with van der Waals surface area (Å²) in [4.78, 5) is 4.25. The largest absolute Gasteiger partial charge is 0.381 e. The van der Waals surface area contributed by atoms with Gasteiger partial charge in [-0.25, -0.2) is 4.39 Å². The van der Waals surface area contributed by atoms with Crippen molar-refractivity contribution in [2.75, 3.05) is 12.4 Å². The molecule has 0 saturated heterocycles. The van der Waals surface area contributed by atoms with Crippen LogP contribution in [0.2, 0.25) is 5.02 Å². The summed E-state index contributed by atoms with van der Waals surface area (Å²) in [5, 5.41) is 4.17. The molecule has 1 heterocycles. The van der Waals surface area contributed by atoms with E-state index < -0.39 is 0 Å². The van der Waals surface area contributed by atoms with E-state index in [-0.39, 0.29) is 5.82 Å². The molecule has 1 aromatic heterocycles. The number of anilines is 1. The number of nitrogens with one attached hydrogen (secondary N) is 1. The van der Waals surface area contributed by atoms with Crippen molar-refractivity contribution >= 4 is 23.4 Å². The second-order valence-corrected chi connectivity index (χ2v) is 6.70. The molecule has 0 spiro atoms. The summed E-state index contributed by atoms with van der Waals surface area (Å²) in [6.45, 7) is 0.406. The van der Waals surface area contributed by atoms with Gasteiger partial charge >= 0.3 is 0 Å². The predicted molar refractivity (Wildman–Crippen MR) is 100 cm³/mol. The van der Waals surface area contributed by atoms with E-state index in [1.807, 2.05) is 18.2 Å². The van der Waals surface area contributed by atoms with Gasteiger partial charge < -0.3 is 10.1 Å². The van der Waals surface area contributed by atoms with Crippen LogP contribution in [0.25, 0.3) is 6.08 Å². The number of ether oxygens (including phenoxy) is 1. The van der Waals surface area contributed by atoms with Crippen molar-refractivity contribution in [3.8, 4) is 0 Å². The van der Waals surface area contributed by atoms with Gasteiger partial charge in [0.15, 0.2) is 0 Å². The maximum absolute atomic E-state index is 13.0. The minimum absolute atomic E-state index is 0.197. The molecule has 0 radical (unpaired) electrons. The molecular weight excluding hydrogens is 339 g/mol. The zero-order valence-corrected chi connectivity index (χ0v) is 15.0. The number of hydrogen-bond acceptors (Lipinski definition) is 3. The molecule has 25 heavy (non-hydrogen) atoms. The first kappa shape index (κ1) is 17.9. The van der Waals surface area contributed by atoms with E-state index in [4.69, 9.17) is 16.3 Å². The van der Waals surface area contributed by atoms with Crippen molar-refractivity contribution in [1.29, 1.82) is 0 Å². The van der Waals surface area contributed by atoms with Crippen molar-refractivity contribution in [3.05, 3.63) is 64.2 Å². The van der Waals surface area contributed by atoms with Crippen LogP contribution in [0, 0.1) is 5.82 Å². The number of allylic oxidation sites excluding steroid dienone is 1. The highest BCUT2D eigenvalue weighted by atomic mass is 35.5. The van der Waals surface area contributed by atoms with E-state index in [2.05, 4.69) is 16.4 Å². The van der Waals surface area contributed by atoms with E-state index in [0.29, 0.717) is 17.7 Å². The minimum Gasteiger partial charge on any atom is -0.381 e. The Labute approximate surface area is 152 Å². The Morgan fingerprint density at radius 2 is 1.96 bits per heavy atom. The quantitative estimate of drug-likeness (QED) is 0.768. The molecule has 0 aliphatic heterocycles. The number of aromatic nitrogens is 1. The van der Waals surface area contributed by atoms with Gasteiger partial charge in [0, 0.05) is 19.3 Å². The molecule has 132 valence electrons. The predicted octanol–water partition coefficient (Wildman–Crippen LogP) is 5.46. The van der Waals surface area contributed by atoms with Gasteiger partial charge in [-0.3, -0.25) is 4.98 Å². The van der Waals surface area contributed by atoms with Crippen molar-refractivity contribution in [2.24, 2.45) is 0 Å². The van der Waals surface area contributed by atoms with Gasteiger partial charge in [-0.2, -0.15) is 0 Å². The summed E-state index contributed by atoms with van der Waals surface area (Å²) in [7, 11) is 1.63. The summed E-state index contributed by atoms with van der Waals surface area (Å²) in [6, 6.07) is 8.94. The molecule has 1 saturated carbocycles. The summed E-state index contributed by atoms with van der Waals surface area (Å²) in [6.07, 6.45) is 8.08. The number of halogens is 2. The van der Waals surface area contributed by atoms with Crippen LogP contribution in [-0.4, -0.2) is 18.1 Å². The summed E-state index contributed by atoms with van der Waals surface area (Å²) >= 11 is 6.41. The van der Waals surface area contributed by atoms with Gasteiger partial charge in [0.25, 0.3) is 0 Å². The summed E-state index contributed by atoms with van der Waals surface area (Å²) in [5.41, 5.74) is 4.14. The molecule has 0 atom stereocenters. The summed E-state index contributed by atoms with van der Waals surface area (Å²) < 4.78 is 18.1. The average molecular weight is 361 g/mol. The molecule has 2 aromatic rings. The Balaban J connectivity index is 1.59. The molecule has 3 rings (SSSR count). The maximum atomic E-state index is 13.0. The number of rotatable bonds is 5. The maximum Gasteiger partial charge on any atom is 0.123 e. The first-order valence-corrected chi connectivity index (χ1v) is 8.87. The van der Waals surface area contributed by atoms with Crippen molar-refractivity contribution in [1.82, 2.24) is 4.98 Å². The van der Waals surface area contributed by atoms with Crippen LogP contribution in [0.3, 0.4) is 0 Å². The fourth-order valence-electron chi connectivity index (χ4n) is 3.13. The number of methoxy groups -OCH3 is 1. The average Bonchev–Trinajstić information content (AvgIpc) is 2.62. The molecule has 1 fully saturated rings. The molecule has 0 bridgehead atoms. The highest BCUT2D eigenvalue weighted by Gasteiger charge is 2.18. The third-order valence-corrected chi connectivity index (χ3v) is 4.89. The number of nitrogens with zero attached hydrogens (tertiary/aromatic N) is 1. The lowest BCUT2D eigenvalue weighted by atomic mass is 9.89. The van der Waals surface area contributed by atoms with E-state index in [1.165, 1.54) is 17.7 Å². The van der Waals surface area contributed by atoms with Crippen LogP contribution in [-0.2, 0) is 11.3 Å². The van der Waals surface area contributed by atoms with E-state index >= 15 is 0 Å². The minimum atomic E-state index is -0.197. The van der Waals surface area contributed by atoms with E-state index in [1.54, 1.807) is 13.3 Å². The first-order chi connectivity index (χ1) is 12.2. The number of benzene rings is 1. The molecule has 1 N–H and O–H groups in total. The third-order valence-electron chi connectivity index (χ3n) is 4.47. The Hall–Kier alpha value is -1.91. The number of pyridine rings is 1. The lowest BCUT2D eigenvalue weighted by Gasteiger charge is -2.26.